The van der Waals surface area contributed by atoms with E-state index in [4.69, 9.17) is 4.74 Å². The Kier molecular flexibility index (Phi) is 2.95. The van der Waals surface area contributed by atoms with E-state index in [1.54, 1.807) is 17.7 Å². The normalized spacial score (nSPS) is 24.7. The van der Waals surface area contributed by atoms with Crippen molar-refractivity contribution < 1.29 is 4.74 Å². The van der Waals surface area contributed by atoms with E-state index in [0.29, 0.717) is 0 Å². The Morgan fingerprint density at radius 2 is 2.00 bits per heavy atom. The molecular weight excluding hydrogens is 246 g/mol. The van der Waals surface area contributed by atoms with Crippen molar-refractivity contribution in [3.8, 4) is 0 Å². The summed E-state index contributed by atoms with van der Waals surface area (Å²) in [4.78, 5) is 13.5. The van der Waals surface area contributed by atoms with Gasteiger partial charge >= 0.3 is 0 Å². The van der Waals surface area contributed by atoms with Crippen molar-refractivity contribution in [1.82, 2.24) is 9.97 Å². The fourth-order valence-corrected chi connectivity index (χ4v) is 3.41. The van der Waals surface area contributed by atoms with Crippen LogP contribution in [0, 0.1) is 6.92 Å². The molecule has 1 saturated heterocycles. The third-order valence-corrected chi connectivity index (χ3v) is 4.11. The molecule has 18 heavy (non-hydrogen) atoms. The van der Waals surface area contributed by atoms with Crippen LogP contribution in [0.2, 0.25) is 0 Å². The summed E-state index contributed by atoms with van der Waals surface area (Å²) in [6.45, 7) is 8.12. The Morgan fingerprint density at radius 3 is 2.72 bits per heavy atom. The number of thiophene rings is 1. The van der Waals surface area contributed by atoms with E-state index in [2.05, 4.69) is 41.7 Å². The maximum atomic E-state index is 5.77. The first-order valence-electron chi connectivity index (χ1n) is 6.25. The molecule has 3 rings (SSSR count). The summed E-state index contributed by atoms with van der Waals surface area (Å²) in [5.74, 6) is 1.05. The Balaban J connectivity index is 2.02. The average molecular weight is 263 g/mol. The molecule has 0 amide bonds. The topological polar surface area (TPSA) is 38.2 Å². The molecule has 0 saturated carbocycles. The third kappa shape index (κ3) is 2.08. The van der Waals surface area contributed by atoms with E-state index in [1.165, 1.54) is 10.3 Å². The smallest absolute Gasteiger partial charge is 0.140 e. The van der Waals surface area contributed by atoms with Crippen molar-refractivity contribution in [2.75, 3.05) is 18.0 Å². The lowest BCUT2D eigenvalue weighted by atomic mass is 10.2. The van der Waals surface area contributed by atoms with Crippen molar-refractivity contribution in [2.45, 2.75) is 33.0 Å². The number of fused-ring (bicyclic) bond motifs is 1. The number of anilines is 1. The Bertz CT molecular complexity index is 558. The lowest BCUT2D eigenvalue weighted by Gasteiger charge is -2.36. The van der Waals surface area contributed by atoms with Crippen molar-refractivity contribution in [3.63, 3.8) is 0 Å². The van der Waals surface area contributed by atoms with Gasteiger partial charge in [0.2, 0.25) is 0 Å². The molecule has 2 unspecified atom stereocenters. The zero-order chi connectivity index (χ0) is 12.7. The number of aryl methyl sites for hydroxylation is 1. The predicted molar refractivity (Wildman–Crippen MR) is 74.4 cm³/mol. The fraction of sp³-hybridized carbons (Fsp3) is 0.538. The van der Waals surface area contributed by atoms with Crippen molar-refractivity contribution in [1.29, 1.82) is 0 Å². The highest BCUT2D eigenvalue weighted by Gasteiger charge is 2.24. The lowest BCUT2D eigenvalue weighted by molar-refractivity contribution is -0.00537. The number of morpholine rings is 1. The van der Waals surface area contributed by atoms with Crippen molar-refractivity contribution >= 4 is 27.4 Å². The molecule has 2 aromatic rings. The van der Waals surface area contributed by atoms with Crippen LogP contribution in [0.5, 0.6) is 0 Å². The monoisotopic (exact) mass is 263 g/mol. The molecule has 1 aliphatic rings. The molecule has 0 N–H and O–H groups in total. The average Bonchev–Trinajstić information content (AvgIpc) is 2.67. The Hall–Kier alpha value is -1.20. The number of ether oxygens (including phenoxy) is 1. The maximum absolute atomic E-state index is 5.77. The lowest BCUT2D eigenvalue weighted by Crippen LogP contribution is -2.45. The quantitative estimate of drug-likeness (QED) is 0.792. The number of hydrogen-bond donors (Lipinski definition) is 0. The SMILES string of the molecule is Cc1cc2c(N3CC(C)OC(C)C3)ncnc2s1. The largest absolute Gasteiger partial charge is 0.372 e. The van der Waals surface area contributed by atoms with Gasteiger partial charge in [0.05, 0.1) is 17.6 Å². The molecule has 0 bridgehead atoms. The number of nitrogens with zero attached hydrogens (tertiary/aromatic N) is 3. The molecule has 1 aliphatic heterocycles. The highest BCUT2D eigenvalue weighted by atomic mass is 32.1. The van der Waals surface area contributed by atoms with Crippen molar-refractivity contribution in [3.05, 3.63) is 17.3 Å². The minimum Gasteiger partial charge on any atom is -0.372 e. The Morgan fingerprint density at radius 1 is 1.28 bits per heavy atom. The first kappa shape index (κ1) is 11.9. The molecule has 1 fully saturated rings. The highest BCUT2D eigenvalue weighted by Crippen LogP contribution is 2.31. The minimum absolute atomic E-state index is 0.249. The first-order valence-corrected chi connectivity index (χ1v) is 7.06. The fourth-order valence-electron chi connectivity index (χ4n) is 2.57. The molecule has 0 radical (unpaired) electrons. The van der Waals surface area contributed by atoms with Gasteiger partial charge in [-0.05, 0) is 26.8 Å². The van der Waals surface area contributed by atoms with Crippen LogP contribution in [0.1, 0.15) is 18.7 Å². The van der Waals surface area contributed by atoms with E-state index in [1.807, 2.05) is 0 Å². The minimum atomic E-state index is 0.249. The van der Waals surface area contributed by atoms with Gasteiger partial charge in [0.25, 0.3) is 0 Å². The van der Waals surface area contributed by atoms with Crippen LogP contribution in [-0.2, 0) is 4.74 Å². The molecule has 0 aliphatic carbocycles. The molecule has 0 spiro atoms. The summed E-state index contributed by atoms with van der Waals surface area (Å²) >= 11 is 1.72. The first-order chi connectivity index (χ1) is 8.63. The summed E-state index contributed by atoms with van der Waals surface area (Å²) < 4.78 is 5.77. The van der Waals surface area contributed by atoms with E-state index in [0.717, 1.165) is 23.7 Å². The summed E-state index contributed by atoms with van der Waals surface area (Å²) in [7, 11) is 0. The van der Waals surface area contributed by atoms with Gasteiger partial charge in [-0.15, -0.1) is 11.3 Å². The Labute approximate surface area is 111 Å². The number of aromatic nitrogens is 2. The van der Waals surface area contributed by atoms with Gasteiger partial charge in [0, 0.05) is 18.0 Å². The van der Waals surface area contributed by atoms with E-state index in [-0.39, 0.29) is 12.2 Å². The molecule has 96 valence electrons. The van der Waals surface area contributed by atoms with E-state index < -0.39 is 0 Å². The van der Waals surface area contributed by atoms with Crippen molar-refractivity contribution in [2.24, 2.45) is 0 Å². The van der Waals surface area contributed by atoms with Crippen LogP contribution < -0.4 is 4.90 Å². The molecule has 5 heteroatoms. The molecule has 2 atom stereocenters. The van der Waals surface area contributed by atoms with Gasteiger partial charge < -0.3 is 9.64 Å². The second-order valence-electron chi connectivity index (χ2n) is 4.94. The van der Waals surface area contributed by atoms with Gasteiger partial charge in [-0.1, -0.05) is 0 Å². The predicted octanol–water partition coefficient (Wildman–Crippen LogP) is 2.61. The van der Waals surface area contributed by atoms with Gasteiger partial charge in [0.1, 0.15) is 17.0 Å². The highest BCUT2D eigenvalue weighted by molar-refractivity contribution is 7.18. The maximum Gasteiger partial charge on any atom is 0.140 e. The number of rotatable bonds is 1. The third-order valence-electron chi connectivity index (χ3n) is 3.15. The summed E-state index contributed by atoms with van der Waals surface area (Å²) in [5.41, 5.74) is 0. The van der Waals surface area contributed by atoms with Gasteiger partial charge in [-0.25, -0.2) is 9.97 Å². The molecule has 2 aromatic heterocycles. The molecule has 0 aromatic carbocycles. The second kappa shape index (κ2) is 4.48. The zero-order valence-electron chi connectivity index (χ0n) is 10.9. The zero-order valence-corrected chi connectivity index (χ0v) is 11.7. The summed E-state index contributed by atoms with van der Waals surface area (Å²) in [6, 6.07) is 2.18. The van der Waals surface area contributed by atoms with E-state index >= 15 is 0 Å². The molecule has 4 nitrogen and oxygen atoms in total. The van der Waals surface area contributed by atoms with Gasteiger partial charge in [0.15, 0.2) is 0 Å². The second-order valence-corrected chi connectivity index (χ2v) is 6.17. The van der Waals surface area contributed by atoms with Crippen LogP contribution in [0.3, 0.4) is 0 Å². The number of hydrogen-bond acceptors (Lipinski definition) is 5. The standard InChI is InChI=1S/C13H17N3OS/c1-8-5-16(6-9(2)17-8)12-11-4-10(3)18-13(11)15-7-14-12/h4,7-9H,5-6H2,1-3H3. The summed E-state index contributed by atoms with van der Waals surface area (Å²) in [6.07, 6.45) is 2.16. The van der Waals surface area contributed by atoms with Gasteiger partial charge in [-0.3, -0.25) is 0 Å². The van der Waals surface area contributed by atoms with E-state index in [9.17, 15) is 0 Å². The van der Waals surface area contributed by atoms with Crippen LogP contribution >= 0.6 is 11.3 Å². The van der Waals surface area contributed by atoms with Crippen LogP contribution in [0.15, 0.2) is 12.4 Å². The van der Waals surface area contributed by atoms with Crippen LogP contribution in [0.4, 0.5) is 5.82 Å². The summed E-state index contributed by atoms with van der Waals surface area (Å²) in [5, 5.41) is 1.17. The molecular formula is C13H17N3OS. The van der Waals surface area contributed by atoms with Crippen LogP contribution in [-0.4, -0.2) is 35.3 Å². The van der Waals surface area contributed by atoms with Crippen LogP contribution in [0.25, 0.3) is 10.2 Å². The van der Waals surface area contributed by atoms with Gasteiger partial charge in [-0.2, -0.15) is 0 Å². The molecule has 3 heterocycles.